The summed E-state index contributed by atoms with van der Waals surface area (Å²) in [7, 11) is -0.552. The van der Waals surface area contributed by atoms with Gasteiger partial charge < -0.3 is 5.32 Å². The average Bonchev–Trinajstić information content (AvgIpc) is 3.08. The fourth-order valence-corrected chi connectivity index (χ4v) is 4.44. The molecule has 1 aliphatic carbocycles. The Morgan fingerprint density at radius 3 is 2.26 bits per heavy atom. The van der Waals surface area contributed by atoms with Crippen molar-refractivity contribution < 1.29 is 13.2 Å². The number of benzene rings is 3. The first-order valence-corrected chi connectivity index (χ1v) is 10.2. The van der Waals surface area contributed by atoms with Gasteiger partial charge in [-0.2, -0.15) is 0 Å². The van der Waals surface area contributed by atoms with Crippen LogP contribution in [0.1, 0.15) is 21.5 Å². The van der Waals surface area contributed by atoms with E-state index in [2.05, 4.69) is 17.4 Å². The number of anilines is 1. The van der Waals surface area contributed by atoms with Crippen LogP contribution >= 0.6 is 0 Å². The molecular formula is C21H20N2O3S. The third-order valence-electron chi connectivity index (χ3n) is 5.02. The number of aryl methyl sites for hydroxylation is 2. The van der Waals surface area contributed by atoms with E-state index in [1.807, 2.05) is 18.2 Å². The van der Waals surface area contributed by atoms with Gasteiger partial charge in [0, 0.05) is 30.7 Å². The molecule has 0 atom stereocenters. The van der Waals surface area contributed by atoms with Gasteiger partial charge >= 0.3 is 0 Å². The van der Waals surface area contributed by atoms with Gasteiger partial charge in [-0.05, 0) is 59.7 Å². The van der Waals surface area contributed by atoms with Crippen molar-refractivity contribution in [3.05, 3.63) is 71.3 Å². The second-order valence-electron chi connectivity index (χ2n) is 6.88. The number of carbonyl (C=O) groups is 1. The van der Waals surface area contributed by atoms with E-state index >= 15 is 0 Å². The maximum Gasteiger partial charge on any atom is 0.255 e. The van der Waals surface area contributed by atoms with Crippen molar-refractivity contribution in [3.63, 3.8) is 0 Å². The molecule has 5 nitrogen and oxygen atoms in total. The Balaban J connectivity index is 1.63. The first-order valence-electron chi connectivity index (χ1n) is 8.75. The predicted molar refractivity (Wildman–Crippen MR) is 107 cm³/mol. The summed E-state index contributed by atoms with van der Waals surface area (Å²) in [5.41, 5.74) is 3.82. The summed E-state index contributed by atoms with van der Waals surface area (Å²) in [6.07, 6.45) is 2.07. The fraction of sp³-hybridized carbons (Fsp3) is 0.190. The number of carbonyl (C=O) groups excluding carboxylic acids is 1. The molecule has 1 aliphatic rings. The van der Waals surface area contributed by atoms with Crippen LogP contribution < -0.4 is 5.32 Å². The topological polar surface area (TPSA) is 66.5 Å². The van der Waals surface area contributed by atoms with Gasteiger partial charge in [-0.1, -0.05) is 24.3 Å². The monoisotopic (exact) mass is 380 g/mol. The standard InChI is InChI=1S/C21H20N2O3S/c1-23(2)27(25,26)17-11-8-16(9-12-17)21(24)22-19-13-10-15-7-6-14-4-3-5-18(19)20(14)15/h3-5,8-13H,6-7H2,1-2H3,(H,22,24). The molecule has 0 saturated carbocycles. The number of sulfonamides is 1. The highest BCUT2D eigenvalue weighted by Crippen LogP contribution is 2.35. The molecule has 0 aromatic heterocycles. The number of hydrogen-bond acceptors (Lipinski definition) is 3. The molecule has 0 aliphatic heterocycles. The van der Waals surface area contributed by atoms with Crippen molar-refractivity contribution in [2.24, 2.45) is 0 Å². The third kappa shape index (κ3) is 3.01. The van der Waals surface area contributed by atoms with E-state index in [9.17, 15) is 13.2 Å². The van der Waals surface area contributed by atoms with Gasteiger partial charge in [-0.3, -0.25) is 4.79 Å². The minimum atomic E-state index is -3.51. The summed E-state index contributed by atoms with van der Waals surface area (Å²) in [5.74, 6) is -0.262. The summed E-state index contributed by atoms with van der Waals surface area (Å²) < 4.78 is 25.4. The molecule has 0 spiro atoms. The first kappa shape index (κ1) is 17.7. The molecule has 0 heterocycles. The lowest BCUT2D eigenvalue weighted by Gasteiger charge is -2.12. The normalized spacial score (nSPS) is 13.3. The maximum atomic E-state index is 12.7. The van der Waals surface area contributed by atoms with Gasteiger partial charge in [0.1, 0.15) is 0 Å². The van der Waals surface area contributed by atoms with E-state index in [1.165, 1.54) is 54.9 Å². The highest BCUT2D eigenvalue weighted by Gasteiger charge is 2.19. The van der Waals surface area contributed by atoms with E-state index in [-0.39, 0.29) is 10.8 Å². The lowest BCUT2D eigenvalue weighted by Crippen LogP contribution is -2.22. The third-order valence-corrected chi connectivity index (χ3v) is 6.85. The Hall–Kier alpha value is -2.70. The highest BCUT2D eigenvalue weighted by molar-refractivity contribution is 7.89. The van der Waals surface area contributed by atoms with E-state index < -0.39 is 10.0 Å². The van der Waals surface area contributed by atoms with Crippen molar-refractivity contribution in [3.8, 4) is 0 Å². The number of nitrogens with zero attached hydrogens (tertiary/aromatic N) is 1. The van der Waals surface area contributed by atoms with Crippen molar-refractivity contribution in [2.75, 3.05) is 19.4 Å². The van der Waals surface area contributed by atoms with E-state index in [1.54, 1.807) is 0 Å². The van der Waals surface area contributed by atoms with Crippen LogP contribution in [0.25, 0.3) is 10.8 Å². The smallest absolute Gasteiger partial charge is 0.255 e. The quantitative estimate of drug-likeness (QED) is 0.754. The van der Waals surface area contributed by atoms with Gasteiger partial charge in [0.25, 0.3) is 5.91 Å². The zero-order chi connectivity index (χ0) is 19.2. The summed E-state index contributed by atoms with van der Waals surface area (Å²) in [6, 6.07) is 16.2. The van der Waals surface area contributed by atoms with Crippen molar-refractivity contribution in [2.45, 2.75) is 17.7 Å². The van der Waals surface area contributed by atoms with Crippen LogP contribution in [0.5, 0.6) is 0 Å². The van der Waals surface area contributed by atoms with Gasteiger partial charge in [0.15, 0.2) is 0 Å². The average molecular weight is 380 g/mol. The number of nitrogens with one attached hydrogen (secondary N) is 1. The molecule has 3 aromatic carbocycles. The molecule has 3 aromatic rings. The number of hydrogen-bond donors (Lipinski definition) is 1. The Morgan fingerprint density at radius 1 is 0.926 bits per heavy atom. The lowest BCUT2D eigenvalue weighted by atomic mass is 10.0. The molecule has 0 saturated heterocycles. The lowest BCUT2D eigenvalue weighted by molar-refractivity contribution is 0.102. The Morgan fingerprint density at radius 2 is 1.59 bits per heavy atom. The van der Waals surface area contributed by atoms with E-state index in [0.717, 1.165) is 28.2 Å². The Labute approximate surface area is 158 Å². The van der Waals surface area contributed by atoms with Crippen LogP contribution in [0.15, 0.2) is 59.5 Å². The molecule has 0 fully saturated rings. The summed E-state index contributed by atoms with van der Waals surface area (Å²) >= 11 is 0. The van der Waals surface area contributed by atoms with Gasteiger partial charge in [0.2, 0.25) is 10.0 Å². The van der Waals surface area contributed by atoms with Crippen LogP contribution in [-0.2, 0) is 22.9 Å². The van der Waals surface area contributed by atoms with Crippen molar-refractivity contribution in [1.29, 1.82) is 0 Å². The fourth-order valence-electron chi connectivity index (χ4n) is 3.54. The van der Waals surface area contributed by atoms with Crippen LogP contribution in [0, 0.1) is 0 Å². The molecule has 0 radical (unpaired) electrons. The Bertz CT molecular complexity index is 1140. The first-order chi connectivity index (χ1) is 12.9. The largest absolute Gasteiger partial charge is 0.321 e. The molecule has 0 bridgehead atoms. The maximum absolute atomic E-state index is 12.7. The van der Waals surface area contributed by atoms with Crippen LogP contribution in [-0.4, -0.2) is 32.7 Å². The summed E-state index contributed by atoms with van der Waals surface area (Å²) in [6.45, 7) is 0. The predicted octanol–water partition coefficient (Wildman–Crippen LogP) is 3.44. The summed E-state index contributed by atoms with van der Waals surface area (Å²) in [4.78, 5) is 12.8. The molecule has 138 valence electrons. The molecular weight excluding hydrogens is 360 g/mol. The molecule has 27 heavy (non-hydrogen) atoms. The van der Waals surface area contributed by atoms with Crippen molar-refractivity contribution in [1.82, 2.24) is 4.31 Å². The highest BCUT2D eigenvalue weighted by atomic mass is 32.2. The second-order valence-corrected chi connectivity index (χ2v) is 9.03. The summed E-state index contributed by atoms with van der Waals surface area (Å²) in [5, 5.41) is 5.25. The van der Waals surface area contributed by atoms with Crippen LogP contribution in [0.4, 0.5) is 5.69 Å². The van der Waals surface area contributed by atoms with Crippen LogP contribution in [0.3, 0.4) is 0 Å². The Kier molecular flexibility index (Phi) is 4.25. The minimum Gasteiger partial charge on any atom is -0.321 e. The van der Waals surface area contributed by atoms with E-state index in [4.69, 9.17) is 0 Å². The SMILES string of the molecule is CN(C)S(=O)(=O)c1ccc(C(=O)Nc2ccc3c4c(cccc24)CC3)cc1. The molecule has 4 rings (SSSR count). The number of rotatable bonds is 4. The second kappa shape index (κ2) is 6.48. The van der Waals surface area contributed by atoms with Gasteiger partial charge in [-0.15, -0.1) is 0 Å². The molecule has 1 amide bonds. The molecule has 6 heteroatoms. The van der Waals surface area contributed by atoms with Crippen molar-refractivity contribution >= 4 is 32.4 Å². The van der Waals surface area contributed by atoms with Gasteiger partial charge in [-0.25, -0.2) is 12.7 Å². The van der Waals surface area contributed by atoms with Crippen LogP contribution in [0.2, 0.25) is 0 Å². The number of amides is 1. The molecule has 0 unspecified atom stereocenters. The minimum absolute atomic E-state index is 0.161. The zero-order valence-corrected chi connectivity index (χ0v) is 16.0. The van der Waals surface area contributed by atoms with Gasteiger partial charge in [0.05, 0.1) is 4.90 Å². The zero-order valence-electron chi connectivity index (χ0n) is 15.2. The van der Waals surface area contributed by atoms with E-state index in [0.29, 0.717) is 5.56 Å². The molecule has 1 N–H and O–H groups in total.